The number of ether oxygens (including phenoxy) is 5. The molecule has 0 radical (unpaired) electrons. The number of nitrogens with one attached hydrogen (secondary N) is 1. The van der Waals surface area contributed by atoms with E-state index in [1.807, 2.05) is 4.90 Å². The zero-order chi connectivity index (χ0) is 49.5. The van der Waals surface area contributed by atoms with E-state index in [4.69, 9.17) is 33.1 Å². The van der Waals surface area contributed by atoms with Crippen molar-refractivity contribution < 1.29 is 58.1 Å². The van der Waals surface area contributed by atoms with E-state index in [1.165, 1.54) is 59.3 Å². The monoisotopic (exact) mass is 942 g/mol. The number of aliphatic hydroxyl groups is 3. The number of hydrogen-bond acceptors (Lipinski definition) is 17. The molecular formula is C50H62N4O14. The second kappa shape index (κ2) is 19.9. The van der Waals surface area contributed by atoms with E-state index in [0.717, 1.165) is 19.6 Å². The van der Waals surface area contributed by atoms with Crippen LogP contribution in [0.3, 0.4) is 0 Å². The molecule has 4 aromatic rings. The molecule has 18 nitrogen and oxygen atoms in total. The molecule has 1 aromatic heterocycles. The number of rotatable bonds is 6. The first kappa shape index (κ1) is 49.8. The highest BCUT2D eigenvalue weighted by Gasteiger charge is 2.44. The van der Waals surface area contributed by atoms with Gasteiger partial charge in [0.25, 0.3) is 5.91 Å². The van der Waals surface area contributed by atoms with Gasteiger partial charge in [-0.15, -0.1) is 0 Å². The molecule has 5 bridgehead atoms. The molecule has 0 unspecified atom stereocenters. The summed E-state index contributed by atoms with van der Waals surface area (Å²) in [5.41, 5.74) is -1.47. The second-order valence-corrected chi connectivity index (χ2v) is 18.4. The molecule has 3 aliphatic heterocycles. The van der Waals surface area contributed by atoms with Gasteiger partial charge >= 0.3 is 11.8 Å². The molecular weight excluding hydrogens is 881 g/mol. The number of aromatic hydroxyl groups is 1. The molecule has 3 aliphatic rings. The van der Waals surface area contributed by atoms with Gasteiger partial charge in [0.2, 0.25) is 10.9 Å². The lowest BCUT2D eigenvalue weighted by atomic mass is 9.78. The van der Waals surface area contributed by atoms with Gasteiger partial charge in [0.05, 0.1) is 41.8 Å². The quantitative estimate of drug-likeness (QED) is 0.103. The van der Waals surface area contributed by atoms with Crippen molar-refractivity contribution in [3.05, 3.63) is 79.5 Å². The third kappa shape index (κ3) is 9.27. The molecule has 68 heavy (non-hydrogen) atoms. The fourth-order valence-electron chi connectivity index (χ4n) is 9.51. The van der Waals surface area contributed by atoms with Crippen molar-refractivity contribution in [1.29, 1.82) is 0 Å². The van der Waals surface area contributed by atoms with Crippen LogP contribution in [0, 0.1) is 30.6 Å². The molecule has 0 saturated carbocycles. The summed E-state index contributed by atoms with van der Waals surface area (Å²) in [6.07, 6.45) is 3.53. The van der Waals surface area contributed by atoms with Gasteiger partial charge in [-0.2, -0.15) is 0 Å². The largest absolute Gasteiger partial charge is 0.507 e. The Morgan fingerprint density at radius 2 is 1.65 bits per heavy atom. The Labute approximate surface area is 393 Å². The van der Waals surface area contributed by atoms with Crippen LogP contribution in [0.15, 0.2) is 62.3 Å². The summed E-state index contributed by atoms with van der Waals surface area (Å²) in [5, 5.41) is 49.3. The fourth-order valence-corrected chi connectivity index (χ4v) is 9.51. The van der Waals surface area contributed by atoms with Crippen LogP contribution in [0.1, 0.15) is 54.0 Å². The van der Waals surface area contributed by atoms with Gasteiger partial charge in [-0.05, 0) is 19.9 Å². The molecule has 18 heteroatoms. The fraction of sp³-hybridized carbons (Fsp3) is 0.500. The number of piperazine rings is 1. The molecule has 0 spiro atoms. The number of anilines is 2. The van der Waals surface area contributed by atoms with Gasteiger partial charge in [0, 0.05) is 119 Å². The molecule has 1 amide bonds. The number of carbonyl (C=O) groups excluding carboxylic acids is 2. The highest BCUT2D eigenvalue weighted by Crippen LogP contribution is 2.42. The highest BCUT2D eigenvalue weighted by atomic mass is 16.7. The minimum absolute atomic E-state index is 0.0225. The number of methoxy groups -OCH3 is 2. The van der Waals surface area contributed by atoms with E-state index in [-0.39, 0.29) is 60.8 Å². The van der Waals surface area contributed by atoms with Crippen molar-refractivity contribution >= 4 is 62.0 Å². The molecule has 0 aliphatic carbocycles. The van der Waals surface area contributed by atoms with Crippen LogP contribution in [0.4, 0.5) is 11.4 Å². The number of aromatic nitrogens is 1. The molecule has 7 rings (SSSR count). The Hall–Kier alpha value is -6.05. The summed E-state index contributed by atoms with van der Waals surface area (Å²) in [7, 11) is 3.10. The van der Waals surface area contributed by atoms with Crippen LogP contribution < -0.4 is 31.0 Å². The van der Waals surface area contributed by atoms with E-state index >= 15 is 0 Å². The van der Waals surface area contributed by atoms with Crippen molar-refractivity contribution in [2.75, 3.05) is 63.8 Å². The number of phenolic OH excluding ortho intramolecular Hbond substituents is 1. The normalized spacial score (nSPS) is 29.4. The lowest BCUT2D eigenvalue weighted by Crippen LogP contribution is -2.47. The molecule has 9 atom stereocenters. The summed E-state index contributed by atoms with van der Waals surface area (Å²) in [4.78, 5) is 64.5. The molecule has 1 fully saturated rings. The first-order valence-corrected chi connectivity index (χ1v) is 22.8. The van der Waals surface area contributed by atoms with Gasteiger partial charge in [0.1, 0.15) is 28.8 Å². The van der Waals surface area contributed by atoms with Crippen LogP contribution in [0.5, 0.6) is 11.5 Å². The van der Waals surface area contributed by atoms with Crippen LogP contribution in [-0.2, 0) is 28.5 Å². The third-order valence-electron chi connectivity index (χ3n) is 13.8. The summed E-state index contributed by atoms with van der Waals surface area (Å²) in [5.74, 6) is -6.97. The number of phenols is 1. The Kier molecular flexibility index (Phi) is 14.6. The van der Waals surface area contributed by atoms with Crippen LogP contribution in [-0.4, -0.2) is 126 Å². The average Bonchev–Trinajstić information content (AvgIpc) is 3.58. The van der Waals surface area contributed by atoms with Crippen molar-refractivity contribution in [2.45, 2.75) is 85.6 Å². The zero-order valence-corrected chi connectivity index (χ0v) is 40.1. The Morgan fingerprint density at radius 1 is 0.941 bits per heavy atom. The summed E-state index contributed by atoms with van der Waals surface area (Å²) >= 11 is 0. The number of allylic oxidation sites excluding steroid dienone is 2. The summed E-state index contributed by atoms with van der Waals surface area (Å²) < 4.78 is 35.8. The van der Waals surface area contributed by atoms with Crippen molar-refractivity contribution in [1.82, 2.24) is 9.88 Å². The first-order valence-electron chi connectivity index (χ1n) is 22.8. The van der Waals surface area contributed by atoms with E-state index in [1.54, 1.807) is 53.0 Å². The van der Waals surface area contributed by atoms with E-state index in [2.05, 4.69) is 10.2 Å². The van der Waals surface area contributed by atoms with E-state index in [9.17, 15) is 39.6 Å². The van der Waals surface area contributed by atoms with Crippen LogP contribution >= 0.6 is 0 Å². The predicted molar refractivity (Wildman–Crippen MR) is 256 cm³/mol. The maximum atomic E-state index is 14.9. The molecule has 4 heterocycles. The number of amides is 1. The third-order valence-corrected chi connectivity index (χ3v) is 13.8. The minimum Gasteiger partial charge on any atom is -0.507 e. The number of fused-ring (bicyclic) bond motifs is 5. The maximum Gasteiger partial charge on any atom is 0.307 e. The number of carbonyl (C=O) groups is 2. The van der Waals surface area contributed by atoms with Gasteiger partial charge in [-0.3, -0.25) is 24.1 Å². The maximum absolute atomic E-state index is 14.9. The number of benzene rings is 3. The minimum atomic E-state index is -1.99. The highest BCUT2D eigenvalue weighted by molar-refractivity contribution is 6.16. The molecule has 366 valence electrons. The van der Waals surface area contributed by atoms with Crippen molar-refractivity contribution in [3.63, 3.8) is 0 Å². The number of aliphatic hydroxyl groups excluding tert-OH is 3. The Bertz CT molecular complexity index is 2890. The lowest BCUT2D eigenvalue weighted by molar-refractivity contribution is -0.160. The first-order chi connectivity index (χ1) is 32.2. The summed E-state index contributed by atoms with van der Waals surface area (Å²) in [6, 6.07) is 3.11. The average molecular weight is 943 g/mol. The smallest absolute Gasteiger partial charge is 0.307 e. The molecule has 1 saturated heterocycles. The summed E-state index contributed by atoms with van der Waals surface area (Å²) in [6.45, 7) is 16.6. The van der Waals surface area contributed by atoms with Gasteiger partial charge in [0.15, 0.2) is 22.4 Å². The zero-order valence-electron chi connectivity index (χ0n) is 40.1. The standard InChI is InChI=1S/C50H62N4O14/c1-24-12-11-13-25(2)49(62)52-40-44(60)36-35(39-47(40)67-34-23-31(22-32(56)38(34)51-39)54-17-15-53(16-18-54)19-21-63-9)37-46(29(6)43(36)59)68-50(8,48(37)61)65-20-14-33(64-10)26(3)45(66-30(7)55)28(5)42(58)27(4)41(24)57/h11-14,20,22-24,26-28,33,41-42,45,57-59,61H,15-19,21H2,1-10H3,(H,52,62)/b12-11+,20-14-,25-13+/t24-,26+,27+,28+,33-,41-,42+,45+,50-/m0/s1. The van der Waals surface area contributed by atoms with Gasteiger partial charge in [-0.1, -0.05) is 45.9 Å². The second-order valence-electron chi connectivity index (χ2n) is 18.4. The Morgan fingerprint density at radius 3 is 2.31 bits per heavy atom. The van der Waals surface area contributed by atoms with Crippen LogP contribution in [0.2, 0.25) is 0 Å². The lowest BCUT2D eigenvalue weighted by Gasteiger charge is -2.38. The van der Waals surface area contributed by atoms with Crippen LogP contribution in [0.25, 0.3) is 38.7 Å². The van der Waals surface area contributed by atoms with E-state index < -0.39 is 88.1 Å². The number of hydrogen-bond donors (Lipinski definition) is 5. The molecule has 3 aromatic carbocycles. The van der Waals surface area contributed by atoms with Crippen molar-refractivity contribution in [3.8, 4) is 11.5 Å². The van der Waals surface area contributed by atoms with E-state index in [0.29, 0.717) is 25.4 Å². The topological polar surface area (TPSA) is 240 Å². The molecule has 5 N–H and O–H groups in total. The number of esters is 1. The van der Waals surface area contributed by atoms with Gasteiger partial charge < -0.3 is 58.7 Å². The van der Waals surface area contributed by atoms with Gasteiger partial charge in [-0.25, -0.2) is 4.98 Å². The predicted octanol–water partition coefficient (Wildman–Crippen LogP) is 4.33. The van der Waals surface area contributed by atoms with Crippen molar-refractivity contribution in [2.24, 2.45) is 23.7 Å². The Balaban J connectivity index is 1.45. The number of nitrogens with zero attached hydrogens (tertiary/aromatic N) is 3. The SMILES string of the molecule is COCCN1CCN(c2cc(=O)c3nc4c(oc3c2)c2c(=O)c3c(O)c(C)c5c(c34)=C(O)[C@@](C)(O/C=C\[C@H](OC)[C@@H](C)[C@@H](OC(C)=O)[C@H](C)[C@H](O)[C@H](C)[C@@H](O)[C@@H](C)/C=C/C=C(\C)C(=O)N2)O5)CC1.